The summed E-state index contributed by atoms with van der Waals surface area (Å²) in [6.07, 6.45) is 2.96. The number of benzene rings is 3. The van der Waals surface area contributed by atoms with Crippen LogP contribution in [-0.4, -0.2) is 23.0 Å². The first kappa shape index (κ1) is 23.6. The molecule has 6 nitrogen and oxygen atoms in total. The van der Waals surface area contributed by atoms with E-state index in [0.29, 0.717) is 45.8 Å². The first-order valence-corrected chi connectivity index (χ1v) is 11.6. The topological polar surface area (TPSA) is 65.7 Å². The van der Waals surface area contributed by atoms with E-state index in [1.807, 2.05) is 25.1 Å². The van der Waals surface area contributed by atoms with Gasteiger partial charge in [0.15, 0.2) is 11.5 Å². The Morgan fingerprint density at radius 2 is 1.97 bits per heavy atom. The zero-order valence-electron chi connectivity index (χ0n) is 18.8. The molecule has 0 N–H and O–H groups in total. The monoisotopic (exact) mass is 523 g/mol. The van der Waals surface area contributed by atoms with Crippen LogP contribution in [0.2, 0.25) is 0 Å². The standard InChI is InChI=1S/C26H23BrFN3O3/c1-3-6-24-30-22-12-11-19(27)14-21(22)26(32)31(24)29-15-18-8-5-10-23(33-2)25(18)34-16-17-7-4-9-20(28)13-17/h4-5,7-15H,3,6,16H2,1-2H3. The van der Waals surface area contributed by atoms with Gasteiger partial charge in [-0.1, -0.05) is 41.1 Å². The molecule has 0 unspecified atom stereocenters. The second-order valence-electron chi connectivity index (χ2n) is 7.60. The number of aryl methyl sites for hydroxylation is 1. The molecule has 0 saturated heterocycles. The van der Waals surface area contributed by atoms with Crippen molar-refractivity contribution in [1.82, 2.24) is 9.66 Å². The van der Waals surface area contributed by atoms with Crippen molar-refractivity contribution in [1.29, 1.82) is 0 Å². The fourth-order valence-electron chi connectivity index (χ4n) is 3.55. The molecular weight excluding hydrogens is 501 g/mol. The number of ether oxygens (including phenoxy) is 2. The van der Waals surface area contributed by atoms with Crippen molar-refractivity contribution < 1.29 is 13.9 Å². The summed E-state index contributed by atoms with van der Waals surface area (Å²) in [5, 5.41) is 4.96. The molecule has 4 aromatic rings. The van der Waals surface area contributed by atoms with E-state index in [1.54, 1.807) is 43.7 Å². The third-order valence-corrected chi connectivity index (χ3v) is 5.66. The second-order valence-corrected chi connectivity index (χ2v) is 8.51. The van der Waals surface area contributed by atoms with Gasteiger partial charge in [-0.05, 0) is 54.4 Å². The van der Waals surface area contributed by atoms with Gasteiger partial charge in [0.1, 0.15) is 18.2 Å². The minimum absolute atomic E-state index is 0.144. The Balaban J connectivity index is 1.74. The van der Waals surface area contributed by atoms with Crippen LogP contribution in [0.1, 0.15) is 30.3 Å². The van der Waals surface area contributed by atoms with Crippen LogP contribution < -0.4 is 15.0 Å². The van der Waals surface area contributed by atoms with Gasteiger partial charge >= 0.3 is 0 Å². The van der Waals surface area contributed by atoms with Crippen molar-refractivity contribution in [3.63, 3.8) is 0 Å². The molecule has 3 aromatic carbocycles. The van der Waals surface area contributed by atoms with Gasteiger partial charge < -0.3 is 9.47 Å². The van der Waals surface area contributed by atoms with E-state index in [2.05, 4.69) is 26.0 Å². The van der Waals surface area contributed by atoms with E-state index in [0.717, 1.165) is 10.9 Å². The molecule has 0 spiro atoms. The van der Waals surface area contributed by atoms with Crippen molar-refractivity contribution in [3.8, 4) is 11.5 Å². The van der Waals surface area contributed by atoms with Gasteiger partial charge in [-0.25, -0.2) is 9.37 Å². The number of halogens is 2. The number of methoxy groups -OCH3 is 1. The highest BCUT2D eigenvalue weighted by molar-refractivity contribution is 9.10. The van der Waals surface area contributed by atoms with Crippen molar-refractivity contribution in [3.05, 3.63) is 98.3 Å². The van der Waals surface area contributed by atoms with E-state index in [9.17, 15) is 9.18 Å². The predicted octanol–water partition coefficient (Wildman–Crippen LogP) is 5.72. The number of hydrogen-bond acceptors (Lipinski definition) is 5. The third-order valence-electron chi connectivity index (χ3n) is 5.16. The van der Waals surface area contributed by atoms with Gasteiger partial charge in [0.05, 0.1) is 24.2 Å². The number of nitrogens with zero attached hydrogens (tertiary/aromatic N) is 3. The molecular formula is C26H23BrFN3O3. The predicted molar refractivity (Wildman–Crippen MR) is 134 cm³/mol. The summed E-state index contributed by atoms with van der Waals surface area (Å²) in [5.74, 6) is 1.19. The average Bonchev–Trinajstić information content (AvgIpc) is 2.83. The van der Waals surface area contributed by atoms with Crippen LogP contribution in [0.3, 0.4) is 0 Å². The molecule has 0 bridgehead atoms. The normalized spacial score (nSPS) is 11.3. The van der Waals surface area contributed by atoms with Crippen LogP contribution in [0.5, 0.6) is 11.5 Å². The van der Waals surface area contributed by atoms with Crippen LogP contribution in [0.25, 0.3) is 10.9 Å². The minimum atomic E-state index is -0.332. The van der Waals surface area contributed by atoms with E-state index >= 15 is 0 Å². The lowest BCUT2D eigenvalue weighted by Crippen LogP contribution is -2.22. The van der Waals surface area contributed by atoms with Crippen molar-refractivity contribution in [2.24, 2.45) is 5.10 Å². The Morgan fingerprint density at radius 3 is 2.74 bits per heavy atom. The molecule has 0 aliphatic carbocycles. The Morgan fingerprint density at radius 1 is 1.15 bits per heavy atom. The smallest absolute Gasteiger partial charge is 0.282 e. The fourth-order valence-corrected chi connectivity index (χ4v) is 3.91. The third kappa shape index (κ3) is 5.17. The molecule has 0 atom stereocenters. The van der Waals surface area contributed by atoms with Gasteiger partial charge in [0.25, 0.3) is 5.56 Å². The SMILES string of the molecule is CCCc1nc2ccc(Br)cc2c(=O)n1N=Cc1cccc(OC)c1OCc1cccc(F)c1. The molecule has 0 amide bonds. The molecule has 174 valence electrons. The van der Waals surface area contributed by atoms with Crippen LogP contribution in [-0.2, 0) is 13.0 Å². The molecule has 0 radical (unpaired) electrons. The van der Waals surface area contributed by atoms with Crippen molar-refractivity contribution in [2.75, 3.05) is 7.11 Å². The second kappa shape index (κ2) is 10.6. The van der Waals surface area contributed by atoms with Gasteiger partial charge in [-0.15, -0.1) is 0 Å². The van der Waals surface area contributed by atoms with E-state index in [4.69, 9.17) is 9.47 Å². The summed E-state index contributed by atoms with van der Waals surface area (Å²) in [7, 11) is 1.54. The zero-order valence-corrected chi connectivity index (χ0v) is 20.4. The quantitative estimate of drug-likeness (QED) is 0.277. The first-order valence-electron chi connectivity index (χ1n) is 10.8. The molecule has 8 heteroatoms. The van der Waals surface area contributed by atoms with E-state index in [1.165, 1.54) is 16.8 Å². The van der Waals surface area contributed by atoms with Gasteiger partial charge in [0.2, 0.25) is 0 Å². The molecule has 0 fully saturated rings. The van der Waals surface area contributed by atoms with Crippen LogP contribution >= 0.6 is 15.9 Å². The van der Waals surface area contributed by atoms with E-state index < -0.39 is 0 Å². The molecule has 1 heterocycles. The Hall–Kier alpha value is -3.52. The summed E-state index contributed by atoms with van der Waals surface area (Å²) in [4.78, 5) is 17.9. The van der Waals surface area contributed by atoms with Gasteiger partial charge in [0, 0.05) is 16.5 Å². The minimum Gasteiger partial charge on any atom is -0.493 e. The summed E-state index contributed by atoms with van der Waals surface area (Å²) in [5.41, 5.74) is 1.67. The zero-order chi connectivity index (χ0) is 24.1. The highest BCUT2D eigenvalue weighted by Gasteiger charge is 2.13. The van der Waals surface area contributed by atoms with Crippen LogP contribution in [0.15, 0.2) is 75.0 Å². The van der Waals surface area contributed by atoms with E-state index in [-0.39, 0.29) is 18.0 Å². The fraction of sp³-hybridized carbons (Fsp3) is 0.192. The maximum Gasteiger partial charge on any atom is 0.282 e. The molecule has 0 aliphatic rings. The summed E-state index contributed by atoms with van der Waals surface area (Å²) in [6, 6.07) is 17.0. The number of fused-ring (bicyclic) bond motifs is 1. The van der Waals surface area contributed by atoms with Gasteiger partial charge in [-0.3, -0.25) is 4.79 Å². The van der Waals surface area contributed by atoms with Crippen LogP contribution in [0, 0.1) is 5.82 Å². The maximum atomic E-state index is 13.6. The highest BCUT2D eigenvalue weighted by Crippen LogP contribution is 2.31. The number of rotatable bonds is 8. The number of aromatic nitrogens is 2. The number of hydrogen-bond donors (Lipinski definition) is 0. The van der Waals surface area contributed by atoms with Crippen LogP contribution in [0.4, 0.5) is 4.39 Å². The molecule has 34 heavy (non-hydrogen) atoms. The van der Waals surface area contributed by atoms with Crippen molar-refractivity contribution in [2.45, 2.75) is 26.4 Å². The number of para-hydroxylation sites is 1. The molecule has 4 rings (SSSR count). The molecule has 0 aliphatic heterocycles. The molecule has 0 saturated carbocycles. The summed E-state index contributed by atoms with van der Waals surface area (Å²) in [6.45, 7) is 2.16. The Kier molecular flexibility index (Phi) is 7.37. The lowest BCUT2D eigenvalue weighted by molar-refractivity contribution is 0.283. The largest absolute Gasteiger partial charge is 0.493 e. The Labute approximate surface area is 204 Å². The highest BCUT2D eigenvalue weighted by atomic mass is 79.9. The Bertz CT molecular complexity index is 1420. The lowest BCUT2D eigenvalue weighted by atomic mass is 10.2. The average molecular weight is 524 g/mol. The maximum absolute atomic E-state index is 13.6. The van der Waals surface area contributed by atoms with Gasteiger partial charge in [-0.2, -0.15) is 9.78 Å². The van der Waals surface area contributed by atoms with Crippen molar-refractivity contribution >= 4 is 33.0 Å². The first-order chi connectivity index (χ1) is 16.5. The lowest BCUT2D eigenvalue weighted by Gasteiger charge is -2.14. The summed E-state index contributed by atoms with van der Waals surface area (Å²) < 4.78 is 27.1. The molecule has 1 aromatic heterocycles. The summed E-state index contributed by atoms with van der Waals surface area (Å²) >= 11 is 3.41.